The zero-order valence-electron chi connectivity index (χ0n) is 16.0. The van der Waals surface area contributed by atoms with Crippen LogP contribution < -0.4 is 0 Å². The molecule has 0 spiro atoms. The topological polar surface area (TPSA) is 87.1 Å². The molecule has 0 bridgehead atoms. The van der Waals surface area contributed by atoms with Crippen LogP contribution in [0.15, 0.2) is 66.7 Å². The Balaban J connectivity index is 0.000000568. The number of benzene rings is 2. The fraction of sp³-hybridized carbons (Fsp3) is 0.273. The fourth-order valence-electron chi connectivity index (χ4n) is 2.20. The van der Waals surface area contributed by atoms with E-state index in [1.165, 1.54) is 11.1 Å². The summed E-state index contributed by atoms with van der Waals surface area (Å²) in [6.07, 6.45) is 5.25. The van der Waals surface area contributed by atoms with Crippen LogP contribution in [0.1, 0.15) is 11.1 Å². The minimum Gasteiger partial charge on any atom is -0.473 e. The van der Waals surface area contributed by atoms with E-state index >= 15 is 0 Å². The minimum atomic E-state index is -1.82. The molecule has 6 heteroatoms. The van der Waals surface area contributed by atoms with Crippen molar-refractivity contribution in [1.82, 2.24) is 4.90 Å². The molecule has 0 atom stereocenters. The van der Waals surface area contributed by atoms with Crippen molar-refractivity contribution in [3.05, 3.63) is 77.9 Å². The van der Waals surface area contributed by atoms with Crippen LogP contribution >= 0.6 is 0 Å². The Kier molecular flexibility index (Phi) is 11.7. The Bertz CT molecular complexity index is 704. The summed E-state index contributed by atoms with van der Waals surface area (Å²) in [6, 6.07) is 20.9. The van der Waals surface area contributed by atoms with E-state index in [-0.39, 0.29) is 0 Å². The maximum absolute atomic E-state index is 9.10. The number of hydrogen-bond donors (Lipinski definition) is 2. The lowest BCUT2D eigenvalue weighted by Gasteiger charge is -2.16. The average molecular weight is 385 g/mol. The van der Waals surface area contributed by atoms with E-state index in [2.05, 4.69) is 66.6 Å². The summed E-state index contributed by atoms with van der Waals surface area (Å²) >= 11 is 0. The Morgan fingerprint density at radius 1 is 0.929 bits per heavy atom. The monoisotopic (exact) mass is 385 g/mol. The first-order valence-corrected chi connectivity index (χ1v) is 8.97. The zero-order valence-corrected chi connectivity index (χ0v) is 16.0. The third-order valence-corrected chi connectivity index (χ3v) is 3.75. The molecule has 0 amide bonds. The molecule has 0 fully saturated rings. The van der Waals surface area contributed by atoms with E-state index in [0.717, 1.165) is 26.1 Å². The Labute approximate surface area is 165 Å². The van der Waals surface area contributed by atoms with Gasteiger partial charge in [-0.15, -0.1) is 0 Å². The molecule has 2 aromatic rings. The number of hydrogen-bond acceptors (Lipinski definition) is 4. The van der Waals surface area contributed by atoms with Gasteiger partial charge in [-0.05, 0) is 24.6 Å². The van der Waals surface area contributed by atoms with Crippen LogP contribution in [0.25, 0.3) is 6.08 Å². The van der Waals surface area contributed by atoms with Crippen molar-refractivity contribution in [1.29, 1.82) is 0 Å². The van der Waals surface area contributed by atoms with Crippen molar-refractivity contribution in [2.75, 3.05) is 33.4 Å². The molecule has 0 unspecified atom stereocenters. The SMILES string of the molecule is CN(CCOC/C=C/c1ccccc1)CCc1ccccc1.O=C(O)C(=O)O. The minimum absolute atomic E-state index is 0.668. The lowest BCUT2D eigenvalue weighted by molar-refractivity contribution is -0.159. The number of nitrogens with zero attached hydrogens (tertiary/aromatic N) is 1. The lowest BCUT2D eigenvalue weighted by atomic mass is 10.1. The second kappa shape index (κ2) is 14.1. The summed E-state index contributed by atoms with van der Waals surface area (Å²) in [5.74, 6) is -3.65. The van der Waals surface area contributed by atoms with Crippen LogP contribution in [0.4, 0.5) is 0 Å². The molecule has 0 aliphatic carbocycles. The summed E-state index contributed by atoms with van der Waals surface area (Å²) in [6.45, 7) is 3.46. The van der Waals surface area contributed by atoms with Gasteiger partial charge < -0.3 is 19.8 Å². The first kappa shape index (κ1) is 23.1. The fourth-order valence-corrected chi connectivity index (χ4v) is 2.20. The molecular formula is C22H27NO5. The highest BCUT2D eigenvalue weighted by molar-refractivity contribution is 6.27. The number of carbonyl (C=O) groups is 2. The second-order valence-corrected chi connectivity index (χ2v) is 6.04. The van der Waals surface area contributed by atoms with Crippen LogP contribution in [-0.4, -0.2) is 60.4 Å². The first-order valence-electron chi connectivity index (χ1n) is 8.97. The molecule has 0 aromatic heterocycles. The summed E-state index contributed by atoms with van der Waals surface area (Å²) in [5.41, 5.74) is 2.60. The van der Waals surface area contributed by atoms with Crippen LogP contribution in [0, 0.1) is 0 Å². The van der Waals surface area contributed by atoms with Gasteiger partial charge in [0.05, 0.1) is 13.2 Å². The van der Waals surface area contributed by atoms with Gasteiger partial charge in [0, 0.05) is 13.1 Å². The normalized spacial score (nSPS) is 10.5. The van der Waals surface area contributed by atoms with Gasteiger partial charge >= 0.3 is 11.9 Å². The summed E-state index contributed by atoms with van der Waals surface area (Å²) in [4.78, 5) is 20.5. The van der Waals surface area contributed by atoms with Gasteiger partial charge in [0.15, 0.2) is 0 Å². The van der Waals surface area contributed by atoms with E-state index in [1.807, 2.05) is 18.2 Å². The summed E-state index contributed by atoms with van der Waals surface area (Å²) < 4.78 is 5.65. The van der Waals surface area contributed by atoms with Crippen LogP contribution in [0.2, 0.25) is 0 Å². The molecule has 0 heterocycles. The van der Waals surface area contributed by atoms with Gasteiger partial charge in [0.25, 0.3) is 0 Å². The maximum Gasteiger partial charge on any atom is 0.414 e. The molecule has 0 aliphatic rings. The Hall–Kier alpha value is -2.96. The molecule has 2 N–H and O–H groups in total. The highest BCUT2D eigenvalue weighted by Crippen LogP contribution is 2.01. The quantitative estimate of drug-likeness (QED) is 0.510. The smallest absolute Gasteiger partial charge is 0.414 e. The predicted molar refractivity (Wildman–Crippen MR) is 109 cm³/mol. The molecule has 2 rings (SSSR count). The highest BCUT2D eigenvalue weighted by atomic mass is 16.5. The predicted octanol–water partition coefficient (Wildman–Crippen LogP) is 3.05. The van der Waals surface area contributed by atoms with E-state index in [1.54, 1.807) is 0 Å². The van der Waals surface area contributed by atoms with Crippen LogP contribution in [-0.2, 0) is 20.7 Å². The number of rotatable bonds is 9. The molecule has 150 valence electrons. The van der Waals surface area contributed by atoms with Gasteiger partial charge in [-0.3, -0.25) is 0 Å². The maximum atomic E-state index is 9.10. The molecule has 6 nitrogen and oxygen atoms in total. The number of carboxylic acids is 2. The van der Waals surface area contributed by atoms with Crippen molar-refractivity contribution in [3.63, 3.8) is 0 Å². The number of ether oxygens (including phenoxy) is 1. The molecule has 28 heavy (non-hydrogen) atoms. The molecule has 0 aliphatic heterocycles. The van der Waals surface area contributed by atoms with E-state index in [4.69, 9.17) is 24.5 Å². The second-order valence-electron chi connectivity index (χ2n) is 6.04. The molecule has 0 radical (unpaired) electrons. The standard InChI is InChI=1S/C20H25NO.C2H2O4/c1-21(15-14-20-11-6-3-7-12-20)16-18-22-17-8-13-19-9-4-2-5-10-19;3-1(4)2(5)6/h2-13H,14-18H2,1H3;(H,3,4)(H,5,6)/b13-8+;. The van der Waals surface area contributed by atoms with Crippen molar-refractivity contribution < 1.29 is 24.5 Å². The van der Waals surface area contributed by atoms with Crippen molar-refractivity contribution in [2.24, 2.45) is 0 Å². The third kappa shape index (κ3) is 11.6. The average Bonchev–Trinajstić information content (AvgIpc) is 2.71. The molecule has 0 saturated heterocycles. The van der Waals surface area contributed by atoms with Gasteiger partial charge in [0.1, 0.15) is 0 Å². The largest absolute Gasteiger partial charge is 0.473 e. The van der Waals surface area contributed by atoms with Crippen molar-refractivity contribution in [2.45, 2.75) is 6.42 Å². The van der Waals surface area contributed by atoms with Gasteiger partial charge in [-0.2, -0.15) is 0 Å². The molecule has 2 aromatic carbocycles. The van der Waals surface area contributed by atoms with E-state index in [0.29, 0.717) is 6.61 Å². The molecular weight excluding hydrogens is 358 g/mol. The number of likely N-dealkylation sites (N-methyl/N-ethyl adjacent to an activating group) is 1. The number of carboxylic acid groups (broad SMARTS) is 2. The zero-order chi connectivity index (χ0) is 20.6. The van der Waals surface area contributed by atoms with Crippen LogP contribution in [0.5, 0.6) is 0 Å². The van der Waals surface area contributed by atoms with Crippen LogP contribution in [0.3, 0.4) is 0 Å². The van der Waals surface area contributed by atoms with Crippen molar-refractivity contribution >= 4 is 18.0 Å². The van der Waals surface area contributed by atoms with E-state index in [9.17, 15) is 0 Å². The number of aliphatic carboxylic acids is 2. The van der Waals surface area contributed by atoms with Gasteiger partial charge in [-0.25, -0.2) is 9.59 Å². The highest BCUT2D eigenvalue weighted by Gasteiger charge is 2.04. The third-order valence-electron chi connectivity index (χ3n) is 3.75. The van der Waals surface area contributed by atoms with Gasteiger partial charge in [0.2, 0.25) is 0 Å². The summed E-state index contributed by atoms with van der Waals surface area (Å²) in [5, 5.41) is 14.8. The lowest BCUT2D eigenvalue weighted by Crippen LogP contribution is -2.25. The summed E-state index contributed by atoms with van der Waals surface area (Å²) in [7, 11) is 2.14. The Morgan fingerprint density at radius 3 is 2.07 bits per heavy atom. The molecule has 0 saturated carbocycles. The first-order chi connectivity index (χ1) is 13.5. The van der Waals surface area contributed by atoms with Gasteiger partial charge in [-0.1, -0.05) is 72.8 Å². The Morgan fingerprint density at radius 2 is 1.50 bits per heavy atom. The van der Waals surface area contributed by atoms with Crippen molar-refractivity contribution in [3.8, 4) is 0 Å². The van der Waals surface area contributed by atoms with E-state index < -0.39 is 11.9 Å².